The van der Waals surface area contributed by atoms with Gasteiger partial charge in [-0.25, -0.2) is 4.68 Å². The summed E-state index contributed by atoms with van der Waals surface area (Å²) in [6.07, 6.45) is 1.24. The largest absolute Gasteiger partial charge is 0.380 e. The van der Waals surface area contributed by atoms with Gasteiger partial charge in [-0.05, 0) is 22.8 Å². The first-order valence-electron chi connectivity index (χ1n) is 4.73. The Morgan fingerprint density at radius 2 is 2.57 bits per heavy atom. The first kappa shape index (κ1) is 8.61. The molecule has 0 aromatic carbocycles. The second-order valence-electron chi connectivity index (χ2n) is 4.16. The quantitative estimate of drug-likeness (QED) is 0.686. The van der Waals surface area contributed by atoms with Crippen LogP contribution in [0.5, 0.6) is 0 Å². The van der Waals surface area contributed by atoms with Gasteiger partial charge in [0, 0.05) is 5.41 Å². The lowest BCUT2D eigenvalue weighted by molar-refractivity contribution is 0.139. The van der Waals surface area contributed by atoms with Crippen molar-refractivity contribution in [1.29, 1.82) is 0 Å². The Morgan fingerprint density at radius 1 is 1.64 bits per heavy atom. The molecule has 1 aliphatic carbocycles. The van der Waals surface area contributed by atoms with E-state index >= 15 is 0 Å². The molecule has 2 aliphatic rings. The number of ether oxygens (including phenoxy) is 1. The summed E-state index contributed by atoms with van der Waals surface area (Å²) in [6, 6.07) is 0. The standard InChI is InChI=1S/C8H11ClN4O/c9-2-7-10-11-12-13(7)4-8-1-6(8)3-14-5-8/h6H,1-5H2. The number of fused-ring (bicyclic) bond motifs is 1. The zero-order chi connectivity index (χ0) is 9.60. The smallest absolute Gasteiger partial charge is 0.166 e. The summed E-state index contributed by atoms with van der Waals surface area (Å²) in [4.78, 5) is 0. The van der Waals surface area contributed by atoms with Crippen LogP contribution in [0.25, 0.3) is 0 Å². The maximum absolute atomic E-state index is 5.72. The van der Waals surface area contributed by atoms with E-state index in [0.29, 0.717) is 11.3 Å². The predicted molar refractivity (Wildman–Crippen MR) is 48.7 cm³/mol. The van der Waals surface area contributed by atoms with Crippen molar-refractivity contribution in [2.24, 2.45) is 11.3 Å². The molecule has 0 radical (unpaired) electrons. The van der Waals surface area contributed by atoms with Gasteiger partial charge in [0.2, 0.25) is 0 Å². The van der Waals surface area contributed by atoms with E-state index in [4.69, 9.17) is 16.3 Å². The van der Waals surface area contributed by atoms with Crippen LogP contribution in [0.1, 0.15) is 12.2 Å². The van der Waals surface area contributed by atoms with Gasteiger partial charge in [-0.15, -0.1) is 16.7 Å². The highest BCUT2D eigenvalue weighted by Gasteiger charge is 2.58. The van der Waals surface area contributed by atoms with Crippen LogP contribution >= 0.6 is 11.6 Å². The minimum absolute atomic E-state index is 0.316. The first-order chi connectivity index (χ1) is 6.84. The summed E-state index contributed by atoms with van der Waals surface area (Å²) in [5.74, 6) is 1.84. The molecule has 1 aliphatic heterocycles. The van der Waals surface area contributed by atoms with E-state index in [2.05, 4.69) is 15.5 Å². The average molecular weight is 215 g/mol. The van der Waals surface area contributed by atoms with Crippen LogP contribution in [0, 0.1) is 11.3 Å². The maximum atomic E-state index is 5.72. The molecular formula is C8H11ClN4O. The second kappa shape index (κ2) is 2.90. The fourth-order valence-electron chi connectivity index (χ4n) is 2.23. The Balaban J connectivity index is 1.78. The van der Waals surface area contributed by atoms with Gasteiger partial charge < -0.3 is 4.74 Å². The average Bonchev–Trinajstić information content (AvgIpc) is 2.61. The number of tetrazole rings is 1. The molecule has 2 unspecified atom stereocenters. The summed E-state index contributed by atoms with van der Waals surface area (Å²) < 4.78 is 7.22. The number of hydrogen-bond donors (Lipinski definition) is 0. The topological polar surface area (TPSA) is 52.8 Å². The van der Waals surface area contributed by atoms with Crippen molar-refractivity contribution in [2.45, 2.75) is 18.8 Å². The molecular weight excluding hydrogens is 204 g/mol. The second-order valence-corrected chi connectivity index (χ2v) is 4.43. The van der Waals surface area contributed by atoms with Gasteiger partial charge in [-0.1, -0.05) is 0 Å². The van der Waals surface area contributed by atoms with E-state index in [0.717, 1.165) is 31.5 Å². The van der Waals surface area contributed by atoms with Crippen molar-refractivity contribution in [3.63, 3.8) is 0 Å². The summed E-state index contributed by atoms with van der Waals surface area (Å²) in [7, 11) is 0. The van der Waals surface area contributed by atoms with Crippen molar-refractivity contribution in [2.75, 3.05) is 13.2 Å². The number of rotatable bonds is 3. The molecule has 0 spiro atoms. The van der Waals surface area contributed by atoms with Crippen LogP contribution < -0.4 is 0 Å². The summed E-state index contributed by atoms with van der Waals surface area (Å²) in [5.41, 5.74) is 0.316. The zero-order valence-electron chi connectivity index (χ0n) is 7.69. The number of nitrogens with zero attached hydrogens (tertiary/aromatic N) is 4. The van der Waals surface area contributed by atoms with E-state index in [-0.39, 0.29) is 0 Å². The monoisotopic (exact) mass is 214 g/mol. The van der Waals surface area contributed by atoms with Gasteiger partial charge >= 0.3 is 0 Å². The summed E-state index contributed by atoms with van der Waals surface area (Å²) >= 11 is 5.72. The van der Waals surface area contributed by atoms with E-state index in [1.54, 1.807) is 0 Å². The molecule has 2 fully saturated rings. The Kier molecular flexibility index (Phi) is 1.79. The predicted octanol–water partition coefficient (Wildman–Crippen LogP) is 0.448. The fourth-order valence-corrected chi connectivity index (χ4v) is 2.42. The van der Waals surface area contributed by atoms with Gasteiger partial charge in [0.25, 0.3) is 0 Å². The van der Waals surface area contributed by atoms with Crippen LogP contribution in [0.3, 0.4) is 0 Å². The minimum Gasteiger partial charge on any atom is -0.380 e. The minimum atomic E-state index is 0.316. The molecule has 0 amide bonds. The van der Waals surface area contributed by atoms with Crippen molar-refractivity contribution < 1.29 is 4.74 Å². The third-order valence-corrected chi connectivity index (χ3v) is 3.50. The van der Waals surface area contributed by atoms with E-state index < -0.39 is 0 Å². The number of alkyl halides is 1. The molecule has 2 heterocycles. The van der Waals surface area contributed by atoms with Crippen molar-refractivity contribution in [3.8, 4) is 0 Å². The van der Waals surface area contributed by atoms with E-state index in [1.165, 1.54) is 6.42 Å². The van der Waals surface area contributed by atoms with Gasteiger partial charge in [-0.2, -0.15) is 0 Å². The SMILES string of the molecule is ClCc1nnnn1CC12COCC1C2. The molecule has 1 aromatic rings. The third kappa shape index (κ3) is 1.15. The zero-order valence-corrected chi connectivity index (χ0v) is 8.44. The lowest BCUT2D eigenvalue weighted by Crippen LogP contribution is -2.18. The number of hydrogen-bond acceptors (Lipinski definition) is 4. The molecule has 2 atom stereocenters. The number of halogens is 1. The highest BCUT2D eigenvalue weighted by molar-refractivity contribution is 6.16. The Hall–Kier alpha value is -0.680. The van der Waals surface area contributed by atoms with Crippen molar-refractivity contribution >= 4 is 11.6 Å². The Morgan fingerprint density at radius 3 is 3.21 bits per heavy atom. The Bertz CT molecular complexity index is 355. The maximum Gasteiger partial charge on any atom is 0.166 e. The molecule has 5 nitrogen and oxygen atoms in total. The molecule has 1 saturated heterocycles. The van der Waals surface area contributed by atoms with Crippen LogP contribution in [0.2, 0.25) is 0 Å². The molecule has 1 aromatic heterocycles. The third-order valence-electron chi connectivity index (χ3n) is 3.26. The molecule has 0 bridgehead atoms. The number of aromatic nitrogens is 4. The molecule has 6 heteroatoms. The molecule has 3 rings (SSSR count). The van der Waals surface area contributed by atoms with Crippen molar-refractivity contribution in [3.05, 3.63) is 5.82 Å². The van der Waals surface area contributed by atoms with Crippen LogP contribution in [0.15, 0.2) is 0 Å². The van der Waals surface area contributed by atoms with Gasteiger partial charge in [0.1, 0.15) is 0 Å². The molecule has 76 valence electrons. The van der Waals surface area contributed by atoms with Crippen LogP contribution in [0.4, 0.5) is 0 Å². The van der Waals surface area contributed by atoms with Gasteiger partial charge in [-0.3, -0.25) is 0 Å². The van der Waals surface area contributed by atoms with E-state index in [9.17, 15) is 0 Å². The van der Waals surface area contributed by atoms with Crippen molar-refractivity contribution in [1.82, 2.24) is 20.2 Å². The van der Waals surface area contributed by atoms with Gasteiger partial charge in [0.05, 0.1) is 25.6 Å². The highest BCUT2D eigenvalue weighted by atomic mass is 35.5. The molecule has 1 saturated carbocycles. The van der Waals surface area contributed by atoms with Crippen LogP contribution in [-0.2, 0) is 17.2 Å². The first-order valence-corrected chi connectivity index (χ1v) is 5.26. The van der Waals surface area contributed by atoms with E-state index in [1.807, 2.05) is 4.68 Å². The van der Waals surface area contributed by atoms with Crippen LogP contribution in [-0.4, -0.2) is 33.4 Å². The lowest BCUT2D eigenvalue weighted by Gasteiger charge is -2.10. The molecule has 0 N–H and O–H groups in total. The Labute approximate surface area is 86.4 Å². The van der Waals surface area contributed by atoms with Gasteiger partial charge in [0.15, 0.2) is 5.82 Å². The molecule has 14 heavy (non-hydrogen) atoms. The highest BCUT2D eigenvalue weighted by Crippen LogP contribution is 2.57. The normalized spacial score (nSPS) is 34.5. The fraction of sp³-hybridized carbons (Fsp3) is 0.875. The summed E-state index contributed by atoms with van der Waals surface area (Å²) in [5, 5.41) is 11.4. The summed E-state index contributed by atoms with van der Waals surface area (Å²) in [6.45, 7) is 2.60. The lowest BCUT2D eigenvalue weighted by atomic mass is 10.1.